The lowest BCUT2D eigenvalue weighted by Gasteiger charge is -2.28. The van der Waals surface area contributed by atoms with E-state index >= 15 is 0 Å². The van der Waals surface area contributed by atoms with Crippen molar-refractivity contribution in [3.05, 3.63) is 76.0 Å². The molecule has 1 aromatic heterocycles. The second-order valence-corrected chi connectivity index (χ2v) is 11.0. The molecule has 0 spiro atoms. The highest BCUT2D eigenvalue weighted by Crippen LogP contribution is 2.30. The zero-order valence-corrected chi connectivity index (χ0v) is 19.3. The van der Waals surface area contributed by atoms with Crippen molar-refractivity contribution in [2.75, 3.05) is 29.9 Å². The van der Waals surface area contributed by atoms with Gasteiger partial charge in [-0.15, -0.1) is 11.3 Å². The molecule has 0 radical (unpaired) electrons. The molecule has 32 heavy (non-hydrogen) atoms. The Morgan fingerprint density at radius 1 is 0.938 bits per heavy atom. The number of thiophene rings is 1. The van der Waals surface area contributed by atoms with Crippen LogP contribution in [-0.2, 0) is 23.0 Å². The number of carbonyl (C=O) groups excluding carboxylic acids is 1. The van der Waals surface area contributed by atoms with Crippen LogP contribution in [-0.4, -0.2) is 38.3 Å². The van der Waals surface area contributed by atoms with E-state index in [0.29, 0.717) is 25.2 Å². The molecule has 1 amide bonds. The number of anilines is 2. The molecule has 1 fully saturated rings. The van der Waals surface area contributed by atoms with Crippen molar-refractivity contribution >= 4 is 38.6 Å². The molecule has 3 heterocycles. The van der Waals surface area contributed by atoms with E-state index in [1.165, 1.54) is 28.8 Å². The topological polar surface area (TPSA) is 69.7 Å². The standard InChI is InChI=1S/C24H25N3O3S2/c28-24(25-20-8-5-9-21(16-20)26-12-3-4-13-26)23-22(11-15-31-23)32(29,30)27-14-10-18-6-1-2-7-19(18)17-27/h1-2,5-9,11,15-16H,3-4,10,12-14,17H2,(H,25,28). The average Bonchev–Trinajstić information content (AvgIpc) is 3.51. The maximum absolute atomic E-state index is 13.4. The number of fused-ring (bicyclic) bond motifs is 1. The first kappa shape index (κ1) is 21.2. The van der Waals surface area contributed by atoms with Gasteiger partial charge in [-0.1, -0.05) is 30.3 Å². The van der Waals surface area contributed by atoms with E-state index < -0.39 is 15.9 Å². The summed E-state index contributed by atoms with van der Waals surface area (Å²) in [6.45, 7) is 2.77. The van der Waals surface area contributed by atoms with Gasteiger partial charge in [0.1, 0.15) is 9.77 Å². The molecule has 6 nitrogen and oxygen atoms in total. The lowest BCUT2D eigenvalue weighted by atomic mass is 10.0. The highest BCUT2D eigenvalue weighted by molar-refractivity contribution is 7.89. The molecule has 0 atom stereocenters. The first-order chi connectivity index (χ1) is 15.5. The third-order valence-corrected chi connectivity index (χ3v) is 9.05. The first-order valence-corrected chi connectivity index (χ1v) is 13.2. The third kappa shape index (κ3) is 4.05. The highest BCUT2D eigenvalue weighted by Gasteiger charge is 2.32. The van der Waals surface area contributed by atoms with Crippen LogP contribution >= 0.6 is 11.3 Å². The van der Waals surface area contributed by atoms with Crippen LogP contribution in [0.3, 0.4) is 0 Å². The van der Waals surface area contributed by atoms with Crippen LogP contribution in [0.5, 0.6) is 0 Å². The molecule has 1 saturated heterocycles. The zero-order chi connectivity index (χ0) is 22.1. The van der Waals surface area contributed by atoms with Gasteiger partial charge < -0.3 is 10.2 Å². The van der Waals surface area contributed by atoms with Gasteiger partial charge in [-0.05, 0) is 60.0 Å². The maximum atomic E-state index is 13.4. The molecule has 1 N–H and O–H groups in total. The first-order valence-electron chi connectivity index (χ1n) is 10.8. The van der Waals surface area contributed by atoms with Gasteiger partial charge in [-0.25, -0.2) is 8.42 Å². The van der Waals surface area contributed by atoms with Crippen molar-refractivity contribution in [3.8, 4) is 0 Å². The van der Waals surface area contributed by atoms with E-state index in [2.05, 4.69) is 10.2 Å². The summed E-state index contributed by atoms with van der Waals surface area (Å²) in [5, 5.41) is 4.57. The van der Waals surface area contributed by atoms with Gasteiger partial charge >= 0.3 is 0 Å². The van der Waals surface area contributed by atoms with Crippen LogP contribution in [0, 0.1) is 0 Å². The quantitative estimate of drug-likeness (QED) is 0.606. The molecule has 8 heteroatoms. The van der Waals surface area contributed by atoms with Crippen LogP contribution in [0.15, 0.2) is 64.9 Å². The number of carbonyl (C=O) groups is 1. The minimum atomic E-state index is -3.78. The van der Waals surface area contributed by atoms with Gasteiger partial charge in [-0.2, -0.15) is 4.31 Å². The van der Waals surface area contributed by atoms with Gasteiger partial charge in [-0.3, -0.25) is 4.79 Å². The minimum Gasteiger partial charge on any atom is -0.371 e. The molecule has 0 bridgehead atoms. The Morgan fingerprint density at radius 2 is 1.72 bits per heavy atom. The van der Waals surface area contributed by atoms with Crippen LogP contribution in [0.1, 0.15) is 33.6 Å². The number of amides is 1. The molecule has 166 valence electrons. The molecule has 0 aliphatic carbocycles. The van der Waals surface area contributed by atoms with Crippen molar-refractivity contribution in [3.63, 3.8) is 0 Å². The molecule has 2 aliphatic heterocycles. The summed E-state index contributed by atoms with van der Waals surface area (Å²) in [7, 11) is -3.78. The van der Waals surface area contributed by atoms with Crippen LogP contribution in [0.25, 0.3) is 0 Å². The summed E-state index contributed by atoms with van der Waals surface area (Å²) in [6, 6.07) is 17.2. The number of sulfonamides is 1. The van der Waals surface area contributed by atoms with Crippen molar-refractivity contribution in [2.24, 2.45) is 0 Å². The summed E-state index contributed by atoms with van der Waals surface area (Å²) in [5.74, 6) is -0.394. The number of hydrogen-bond acceptors (Lipinski definition) is 5. The lowest BCUT2D eigenvalue weighted by molar-refractivity contribution is 0.102. The van der Waals surface area contributed by atoms with Gasteiger partial charge in [0.2, 0.25) is 10.0 Å². The molecule has 2 aliphatic rings. The van der Waals surface area contributed by atoms with E-state index in [-0.39, 0.29) is 9.77 Å². The minimum absolute atomic E-state index is 0.0788. The monoisotopic (exact) mass is 467 g/mol. The Bertz CT molecular complexity index is 1250. The van der Waals surface area contributed by atoms with Crippen LogP contribution in [0.4, 0.5) is 11.4 Å². The summed E-state index contributed by atoms with van der Waals surface area (Å²) in [4.78, 5) is 15.7. The number of nitrogens with one attached hydrogen (secondary N) is 1. The summed E-state index contributed by atoms with van der Waals surface area (Å²) in [6.07, 6.45) is 3.02. The van der Waals surface area contributed by atoms with E-state index in [4.69, 9.17) is 0 Å². The van der Waals surface area contributed by atoms with E-state index in [1.807, 2.05) is 48.5 Å². The fourth-order valence-electron chi connectivity index (χ4n) is 4.42. The molecule has 3 aromatic rings. The second-order valence-electron chi connectivity index (χ2n) is 8.17. The second kappa shape index (κ2) is 8.69. The largest absolute Gasteiger partial charge is 0.371 e. The van der Waals surface area contributed by atoms with Gasteiger partial charge in [0.05, 0.1) is 0 Å². The van der Waals surface area contributed by atoms with E-state index in [1.54, 1.807) is 5.38 Å². The molecule has 2 aromatic carbocycles. The molecule has 0 unspecified atom stereocenters. The predicted molar refractivity (Wildman–Crippen MR) is 128 cm³/mol. The molecule has 0 saturated carbocycles. The van der Waals surface area contributed by atoms with Crippen molar-refractivity contribution in [2.45, 2.75) is 30.7 Å². The number of rotatable bonds is 5. The van der Waals surface area contributed by atoms with Crippen molar-refractivity contribution in [1.29, 1.82) is 0 Å². The lowest BCUT2D eigenvalue weighted by Crippen LogP contribution is -2.36. The van der Waals surface area contributed by atoms with Crippen LogP contribution in [0.2, 0.25) is 0 Å². The Hall–Kier alpha value is -2.68. The Kier molecular flexibility index (Phi) is 5.75. The number of benzene rings is 2. The predicted octanol–water partition coefficient (Wildman–Crippen LogP) is 4.35. The van der Waals surface area contributed by atoms with E-state index in [9.17, 15) is 13.2 Å². The molecular weight excluding hydrogens is 442 g/mol. The van der Waals surface area contributed by atoms with Gasteiger partial charge in [0.15, 0.2) is 0 Å². The fraction of sp³-hybridized carbons (Fsp3) is 0.292. The van der Waals surface area contributed by atoms with Gasteiger partial charge in [0, 0.05) is 37.6 Å². The number of nitrogens with zero attached hydrogens (tertiary/aromatic N) is 2. The third-order valence-electron chi connectivity index (χ3n) is 6.12. The normalized spacial score (nSPS) is 16.7. The average molecular weight is 468 g/mol. The Morgan fingerprint density at radius 3 is 2.53 bits per heavy atom. The van der Waals surface area contributed by atoms with Crippen LogP contribution < -0.4 is 10.2 Å². The highest BCUT2D eigenvalue weighted by atomic mass is 32.2. The fourth-order valence-corrected chi connectivity index (χ4v) is 7.14. The summed E-state index contributed by atoms with van der Waals surface area (Å²) in [5.41, 5.74) is 3.94. The van der Waals surface area contributed by atoms with Gasteiger partial charge in [0.25, 0.3) is 5.91 Å². The summed E-state index contributed by atoms with van der Waals surface area (Å²) >= 11 is 1.15. The number of hydrogen-bond donors (Lipinski definition) is 1. The maximum Gasteiger partial charge on any atom is 0.267 e. The van der Waals surface area contributed by atoms with Crippen molar-refractivity contribution < 1.29 is 13.2 Å². The molecular formula is C24H25N3O3S2. The Labute approximate surface area is 192 Å². The molecule has 5 rings (SSSR count). The van der Waals surface area contributed by atoms with E-state index in [0.717, 1.165) is 35.7 Å². The van der Waals surface area contributed by atoms with Crippen molar-refractivity contribution in [1.82, 2.24) is 4.31 Å². The smallest absolute Gasteiger partial charge is 0.267 e. The zero-order valence-electron chi connectivity index (χ0n) is 17.7. The SMILES string of the molecule is O=C(Nc1cccc(N2CCCC2)c1)c1sccc1S(=O)(=O)N1CCc2ccccc2C1. The Balaban J connectivity index is 1.36. The summed E-state index contributed by atoms with van der Waals surface area (Å²) < 4.78 is 28.3.